The van der Waals surface area contributed by atoms with Crippen molar-refractivity contribution < 1.29 is 24.3 Å². The lowest BCUT2D eigenvalue weighted by molar-refractivity contribution is -0.144. The highest BCUT2D eigenvalue weighted by Crippen LogP contribution is 2.25. The average molecular weight is 563 g/mol. The average Bonchev–Trinajstić information content (AvgIpc) is 2.87. The van der Waals surface area contributed by atoms with E-state index in [4.69, 9.17) is 28.5 Å². The highest BCUT2D eigenvalue weighted by molar-refractivity contribution is 7.99. The van der Waals surface area contributed by atoms with E-state index in [9.17, 15) is 24.3 Å². The molecule has 3 amide bonds. The second-order valence-electron chi connectivity index (χ2n) is 8.19. The van der Waals surface area contributed by atoms with E-state index in [-0.39, 0.29) is 40.8 Å². The summed E-state index contributed by atoms with van der Waals surface area (Å²) >= 11 is 13.7. The number of nitriles is 1. The van der Waals surface area contributed by atoms with E-state index in [0.29, 0.717) is 29.3 Å². The summed E-state index contributed by atoms with van der Waals surface area (Å²) in [6.07, 6.45) is 0.0587. The number of carbonyl (C=O) groups is 4. The smallest absolute Gasteiger partial charge is 0.326 e. The van der Waals surface area contributed by atoms with Crippen molar-refractivity contribution >= 4 is 64.3 Å². The van der Waals surface area contributed by atoms with Gasteiger partial charge in [0.05, 0.1) is 21.7 Å². The molecular formula is C25H24Cl2N4O5S. The summed E-state index contributed by atoms with van der Waals surface area (Å²) in [5.74, 6) is -1.55. The van der Waals surface area contributed by atoms with Crippen LogP contribution in [-0.2, 0) is 20.8 Å². The van der Waals surface area contributed by atoms with Gasteiger partial charge in [0.15, 0.2) is 0 Å². The number of aliphatic carboxylic acids is 1. The molecule has 2 atom stereocenters. The molecule has 1 fully saturated rings. The van der Waals surface area contributed by atoms with Gasteiger partial charge in [0, 0.05) is 43.0 Å². The van der Waals surface area contributed by atoms with Crippen molar-refractivity contribution in [2.45, 2.75) is 31.3 Å². The van der Waals surface area contributed by atoms with Gasteiger partial charge >= 0.3 is 5.97 Å². The zero-order valence-electron chi connectivity index (χ0n) is 19.6. The molecule has 1 aliphatic heterocycles. The Morgan fingerprint density at radius 2 is 1.81 bits per heavy atom. The van der Waals surface area contributed by atoms with Gasteiger partial charge in [-0.05, 0) is 29.8 Å². The molecule has 1 saturated heterocycles. The van der Waals surface area contributed by atoms with E-state index >= 15 is 0 Å². The summed E-state index contributed by atoms with van der Waals surface area (Å²) in [4.78, 5) is 51.3. The maximum absolute atomic E-state index is 12.9. The molecule has 12 heteroatoms. The topological polar surface area (TPSA) is 140 Å². The fourth-order valence-electron chi connectivity index (χ4n) is 3.76. The van der Waals surface area contributed by atoms with Gasteiger partial charge in [0.1, 0.15) is 12.1 Å². The van der Waals surface area contributed by atoms with Crippen LogP contribution in [0.25, 0.3) is 0 Å². The molecule has 0 aromatic heterocycles. The van der Waals surface area contributed by atoms with Crippen molar-refractivity contribution in [2.24, 2.45) is 0 Å². The molecule has 194 valence electrons. The van der Waals surface area contributed by atoms with Gasteiger partial charge in [-0.3, -0.25) is 14.4 Å². The number of nitrogens with zero attached hydrogens (tertiary/aromatic N) is 2. The van der Waals surface area contributed by atoms with E-state index < -0.39 is 29.9 Å². The molecule has 37 heavy (non-hydrogen) atoms. The van der Waals surface area contributed by atoms with Crippen LogP contribution in [0.5, 0.6) is 0 Å². The number of thioether (sulfide) groups is 1. The third kappa shape index (κ3) is 7.61. The van der Waals surface area contributed by atoms with E-state index in [1.807, 2.05) is 6.07 Å². The Kier molecular flexibility index (Phi) is 10.2. The fourth-order valence-corrected chi connectivity index (χ4v) is 5.38. The van der Waals surface area contributed by atoms with Crippen LogP contribution in [0.15, 0.2) is 42.5 Å². The first-order valence-corrected chi connectivity index (χ1v) is 13.2. The molecule has 2 aromatic rings. The minimum Gasteiger partial charge on any atom is -0.480 e. The largest absolute Gasteiger partial charge is 0.480 e. The Morgan fingerprint density at radius 3 is 2.43 bits per heavy atom. The standard InChI is InChI=1S/C25H24Cl2N4O5S/c26-17-3-1-4-18(27)22(17)24(34)29-16-8-6-15(7-9-16)13-19(25(35)36)30-23(33)20-14-37-12-11-31(20)21(32)5-2-10-28/h1,3-4,6-9,19-20H,2,5,11-14H2,(H,29,34)(H,30,33)(H,35,36)/t19-,20-/m0/s1. The Bertz CT molecular complexity index is 1200. The SMILES string of the molecule is N#CCCC(=O)N1CCSC[C@H]1C(=O)N[C@@H](Cc1ccc(NC(=O)c2c(Cl)cccc2Cl)cc1)C(=O)O. The van der Waals surface area contributed by atoms with E-state index in [1.54, 1.807) is 42.5 Å². The van der Waals surface area contributed by atoms with Crippen molar-refractivity contribution in [2.75, 3.05) is 23.4 Å². The summed E-state index contributed by atoms with van der Waals surface area (Å²) in [7, 11) is 0. The second kappa shape index (κ2) is 13.3. The molecule has 2 aromatic carbocycles. The second-order valence-corrected chi connectivity index (χ2v) is 10.2. The fraction of sp³-hybridized carbons (Fsp3) is 0.320. The number of amides is 3. The number of carboxylic acid groups (broad SMARTS) is 1. The molecule has 0 unspecified atom stereocenters. The van der Waals surface area contributed by atoms with Crippen LogP contribution in [0.3, 0.4) is 0 Å². The number of hydrogen-bond acceptors (Lipinski definition) is 6. The maximum Gasteiger partial charge on any atom is 0.326 e. The predicted octanol–water partition coefficient (Wildman–Crippen LogP) is 3.61. The summed E-state index contributed by atoms with van der Waals surface area (Å²) in [6.45, 7) is 0.358. The number of carboxylic acids is 1. The van der Waals surface area contributed by atoms with Gasteiger partial charge in [-0.1, -0.05) is 41.4 Å². The zero-order valence-corrected chi connectivity index (χ0v) is 21.9. The number of hydrogen-bond donors (Lipinski definition) is 3. The molecule has 0 bridgehead atoms. The van der Waals surface area contributed by atoms with Gasteiger partial charge in [-0.25, -0.2) is 4.79 Å². The van der Waals surface area contributed by atoms with Crippen molar-refractivity contribution in [3.63, 3.8) is 0 Å². The van der Waals surface area contributed by atoms with Crippen LogP contribution < -0.4 is 10.6 Å². The molecule has 0 radical (unpaired) electrons. The maximum atomic E-state index is 12.9. The number of carbonyl (C=O) groups excluding carboxylic acids is 3. The molecule has 3 rings (SSSR count). The summed E-state index contributed by atoms with van der Waals surface area (Å²) in [5.41, 5.74) is 1.21. The quantitative estimate of drug-likeness (QED) is 0.424. The lowest BCUT2D eigenvalue weighted by Crippen LogP contribution is -2.56. The van der Waals surface area contributed by atoms with Gasteiger partial charge in [-0.15, -0.1) is 0 Å². The van der Waals surface area contributed by atoms with Gasteiger partial charge in [0.25, 0.3) is 5.91 Å². The number of nitrogens with one attached hydrogen (secondary N) is 2. The third-order valence-corrected chi connectivity index (χ3v) is 7.31. The van der Waals surface area contributed by atoms with Gasteiger partial charge < -0.3 is 20.6 Å². The third-order valence-electron chi connectivity index (χ3n) is 5.66. The number of benzene rings is 2. The van der Waals surface area contributed by atoms with Crippen LogP contribution in [0, 0.1) is 11.3 Å². The summed E-state index contributed by atoms with van der Waals surface area (Å²) in [6, 6.07) is 11.1. The Balaban J connectivity index is 1.64. The number of rotatable bonds is 9. The Hall–Kier alpha value is -3.26. The monoisotopic (exact) mass is 562 g/mol. The van der Waals surface area contributed by atoms with Crippen LogP contribution in [0.4, 0.5) is 5.69 Å². The first-order chi connectivity index (χ1) is 17.7. The van der Waals surface area contributed by atoms with E-state index in [0.717, 1.165) is 0 Å². The lowest BCUT2D eigenvalue weighted by Gasteiger charge is -2.35. The van der Waals surface area contributed by atoms with Crippen LogP contribution in [0.1, 0.15) is 28.8 Å². The Labute approximate surface area is 228 Å². The summed E-state index contributed by atoms with van der Waals surface area (Å²) < 4.78 is 0. The van der Waals surface area contributed by atoms with E-state index in [2.05, 4.69) is 10.6 Å². The molecule has 0 saturated carbocycles. The predicted molar refractivity (Wildman–Crippen MR) is 142 cm³/mol. The first-order valence-electron chi connectivity index (χ1n) is 11.3. The highest BCUT2D eigenvalue weighted by Gasteiger charge is 2.34. The minimum atomic E-state index is -1.22. The number of halogens is 2. The normalized spacial score (nSPS) is 15.8. The van der Waals surface area contributed by atoms with Crippen LogP contribution in [-0.4, -0.2) is 63.8 Å². The lowest BCUT2D eigenvalue weighted by atomic mass is 10.0. The van der Waals surface area contributed by atoms with Crippen LogP contribution >= 0.6 is 35.0 Å². The van der Waals surface area contributed by atoms with Crippen molar-refractivity contribution in [1.29, 1.82) is 5.26 Å². The van der Waals surface area contributed by atoms with Gasteiger partial charge in [0.2, 0.25) is 11.8 Å². The molecule has 1 aliphatic rings. The molecule has 3 N–H and O–H groups in total. The molecular weight excluding hydrogens is 539 g/mol. The highest BCUT2D eigenvalue weighted by atomic mass is 35.5. The minimum absolute atomic E-state index is 0.00607. The first kappa shape index (κ1) is 28.3. The molecule has 9 nitrogen and oxygen atoms in total. The van der Waals surface area contributed by atoms with Gasteiger partial charge in [-0.2, -0.15) is 17.0 Å². The molecule has 0 aliphatic carbocycles. The van der Waals surface area contributed by atoms with Crippen molar-refractivity contribution in [3.05, 3.63) is 63.6 Å². The van der Waals surface area contributed by atoms with E-state index in [1.165, 1.54) is 16.7 Å². The summed E-state index contributed by atoms with van der Waals surface area (Å²) in [5, 5.41) is 24.1. The molecule has 0 spiro atoms. The number of anilines is 1. The van der Waals surface area contributed by atoms with Crippen LogP contribution in [0.2, 0.25) is 10.0 Å². The molecule has 1 heterocycles. The zero-order chi connectivity index (χ0) is 26.9. The Morgan fingerprint density at radius 1 is 1.14 bits per heavy atom. The van der Waals surface area contributed by atoms with Crippen molar-refractivity contribution in [3.8, 4) is 6.07 Å². The van der Waals surface area contributed by atoms with Crippen molar-refractivity contribution in [1.82, 2.24) is 10.2 Å².